The van der Waals surface area contributed by atoms with E-state index in [4.69, 9.17) is 0 Å². The molecule has 2 heterocycles. The second-order valence-electron chi connectivity index (χ2n) is 7.24. The van der Waals surface area contributed by atoms with Crippen LogP contribution in [0.2, 0.25) is 0 Å². The van der Waals surface area contributed by atoms with E-state index >= 15 is 0 Å². The number of anilines is 1. The van der Waals surface area contributed by atoms with Gasteiger partial charge in [-0.05, 0) is 50.1 Å². The van der Waals surface area contributed by atoms with E-state index in [1.54, 1.807) is 48.8 Å². The molecule has 29 heavy (non-hydrogen) atoms. The summed E-state index contributed by atoms with van der Waals surface area (Å²) in [5.41, 5.74) is 3.15. The lowest BCUT2D eigenvalue weighted by Gasteiger charge is -2.30. The van der Waals surface area contributed by atoms with E-state index in [1.165, 1.54) is 4.31 Å². The highest BCUT2D eigenvalue weighted by atomic mass is 32.2. The molecule has 0 saturated carbocycles. The summed E-state index contributed by atoms with van der Waals surface area (Å²) >= 11 is 0. The van der Waals surface area contributed by atoms with Gasteiger partial charge in [-0.1, -0.05) is 17.7 Å². The highest BCUT2D eigenvalue weighted by molar-refractivity contribution is 7.89. The SMILES string of the molecule is Cc1ccc(S(=O)(=O)N2CCC(C(=O)Nc3ccc4nccnc4c3)CC2)cc1. The van der Waals surface area contributed by atoms with E-state index < -0.39 is 10.0 Å². The summed E-state index contributed by atoms with van der Waals surface area (Å²) in [5.74, 6) is -0.322. The Morgan fingerprint density at radius 2 is 1.66 bits per heavy atom. The van der Waals surface area contributed by atoms with Crippen LogP contribution in [0, 0.1) is 12.8 Å². The standard InChI is InChI=1S/C21H22N4O3S/c1-15-2-5-18(6-3-15)29(27,28)25-12-8-16(9-13-25)21(26)24-17-4-7-19-20(14-17)23-11-10-22-19/h2-7,10-11,14,16H,8-9,12-13H2,1H3,(H,24,26). The average Bonchev–Trinajstić information content (AvgIpc) is 2.74. The maximum Gasteiger partial charge on any atom is 0.243 e. The summed E-state index contributed by atoms with van der Waals surface area (Å²) in [6.45, 7) is 2.58. The molecule has 2 aromatic carbocycles. The zero-order valence-corrected chi connectivity index (χ0v) is 16.9. The van der Waals surface area contributed by atoms with Gasteiger partial charge in [-0.3, -0.25) is 14.8 Å². The number of benzene rings is 2. The molecule has 0 atom stereocenters. The Morgan fingerprint density at radius 3 is 2.34 bits per heavy atom. The fourth-order valence-electron chi connectivity index (χ4n) is 3.50. The minimum absolute atomic E-state index is 0.0966. The Labute approximate surface area is 169 Å². The zero-order valence-electron chi connectivity index (χ0n) is 16.1. The predicted molar refractivity (Wildman–Crippen MR) is 111 cm³/mol. The fourth-order valence-corrected chi connectivity index (χ4v) is 4.97. The minimum atomic E-state index is -3.52. The van der Waals surface area contributed by atoms with E-state index in [0.717, 1.165) is 11.1 Å². The fraction of sp³-hybridized carbons (Fsp3) is 0.286. The van der Waals surface area contributed by atoms with Crippen molar-refractivity contribution in [2.24, 2.45) is 5.92 Å². The smallest absolute Gasteiger partial charge is 0.243 e. The van der Waals surface area contributed by atoms with Crippen molar-refractivity contribution in [1.82, 2.24) is 14.3 Å². The number of fused-ring (bicyclic) bond motifs is 1. The van der Waals surface area contributed by atoms with Crippen molar-refractivity contribution in [3.05, 3.63) is 60.4 Å². The third-order valence-corrected chi connectivity index (χ3v) is 7.13. The van der Waals surface area contributed by atoms with E-state index in [-0.39, 0.29) is 11.8 Å². The van der Waals surface area contributed by atoms with Crippen LogP contribution in [0.25, 0.3) is 11.0 Å². The second-order valence-corrected chi connectivity index (χ2v) is 9.18. The molecule has 0 bridgehead atoms. The lowest BCUT2D eigenvalue weighted by molar-refractivity contribution is -0.120. The molecule has 3 aromatic rings. The van der Waals surface area contributed by atoms with Crippen LogP contribution in [0.4, 0.5) is 5.69 Å². The number of carbonyl (C=O) groups is 1. The largest absolute Gasteiger partial charge is 0.326 e. The molecular formula is C21H22N4O3S. The lowest BCUT2D eigenvalue weighted by atomic mass is 9.97. The maximum atomic E-state index is 12.8. The van der Waals surface area contributed by atoms with Crippen molar-refractivity contribution in [1.29, 1.82) is 0 Å². The Bertz CT molecular complexity index is 1140. The van der Waals surface area contributed by atoms with Gasteiger partial charge in [0, 0.05) is 37.1 Å². The van der Waals surface area contributed by atoms with Crippen molar-refractivity contribution >= 4 is 32.7 Å². The number of hydrogen-bond donors (Lipinski definition) is 1. The maximum absolute atomic E-state index is 12.8. The van der Waals surface area contributed by atoms with Gasteiger partial charge < -0.3 is 5.32 Å². The molecule has 0 radical (unpaired) electrons. The van der Waals surface area contributed by atoms with Crippen LogP contribution in [0.5, 0.6) is 0 Å². The quantitative estimate of drug-likeness (QED) is 0.714. The van der Waals surface area contributed by atoms with Crippen LogP contribution >= 0.6 is 0 Å². The first kappa shape index (κ1) is 19.5. The molecule has 1 aliphatic rings. The Balaban J connectivity index is 1.39. The molecule has 1 aliphatic heterocycles. The van der Waals surface area contributed by atoms with Gasteiger partial charge in [-0.15, -0.1) is 0 Å². The molecule has 150 valence electrons. The number of aryl methyl sites for hydroxylation is 1. The van der Waals surface area contributed by atoms with E-state index in [1.807, 2.05) is 13.0 Å². The van der Waals surface area contributed by atoms with Crippen LogP contribution in [0.15, 0.2) is 59.8 Å². The predicted octanol–water partition coefficient (Wildman–Crippen LogP) is 2.98. The third kappa shape index (κ3) is 4.13. The van der Waals surface area contributed by atoms with E-state index in [0.29, 0.717) is 42.0 Å². The summed E-state index contributed by atoms with van der Waals surface area (Å²) in [4.78, 5) is 21.4. The van der Waals surface area contributed by atoms with Gasteiger partial charge in [0.15, 0.2) is 0 Å². The second kappa shape index (κ2) is 7.88. The molecule has 0 aliphatic carbocycles. The van der Waals surface area contributed by atoms with Gasteiger partial charge in [-0.2, -0.15) is 4.31 Å². The number of hydrogen-bond acceptors (Lipinski definition) is 5. The van der Waals surface area contributed by atoms with Gasteiger partial charge in [0.1, 0.15) is 0 Å². The molecule has 7 nitrogen and oxygen atoms in total. The molecule has 0 spiro atoms. The third-order valence-electron chi connectivity index (χ3n) is 5.22. The molecule has 0 unspecified atom stereocenters. The molecule has 8 heteroatoms. The van der Waals surface area contributed by atoms with Crippen LogP contribution in [-0.4, -0.2) is 41.7 Å². The Kier molecular flexibility index (Phi) is 5.29. The summed E-state index contributed by atoms with van der Waals surface area (Å²) < 4.78 is 27.1. The van der Waals surface area contributed by atoms with Crippen molar-refractivity contribution in [2.75, 3.05) is 18.4 Å². The number of carbonyl (C=O) groups excluding carboxylic acids is 1. The van der Waals surface area contributed by atoms with E-state index in [2.05, 4.69) is 15.3 Å². The summed E-state index contributed by atoms with van der Waals surface area (Å²) in [6.07, 6.45) is 4.21. The van der Waals surface area contributed by atoms with Crippen LogP contribution in [0.1, 0.15) is 18.4 Å². The van der Waals surface area contributed by atoms with Crippen LogP contribution in [-0.2, 0) is 14.8 Å². The average molecular weight is 410 g/mol. The minimum Gasteiger partial charge on any atom is -0.326 e. The molecule has 1 saturated heterocycles. The van der Waals surface area contributed by atoms with Crippen LogP contribution < -0.4 is 5.32 Å². The Morgan fingerprint density at radius 1 is 1.00 bits per heavy atom. The number of aromatic nitrogens is 2. The number of amides is 1. The van der Waals surface area contributed by atoms with Gasteiger partial charge in [0.05, 0.1) is 15.9 Å². The number of sulfonamides is 1. The summed E-state index contributed by atoms with van der Waals surface area (Å²) in [6, 6.07) is 12.2. The topological polar surface area (TPSA) is 92.3 Å². The first-order valence-electron chi connectivity index (χ1n) is 9.52. The summed E-state index contributed by atoms with van der Waals surface area (Å²) in [7, 11) is -3.52. The van der Waals surface area contributed by atoms with Gasteiger partial charge in [0.25, 0.3) is 0 Å². The number of nitrogens with zero attached hydrogens (tertiary/aromatic N) is 3. The molecule has 4 rings (SSSR count). The zero-order chi connectivity index (χ0) is 20.4. The molecule has 1 fully saturated rings. The monoisotopic (exact) mass is 410 g/mol. The first-order chi connectivity index (χ1) is 13.9. The Hall–Kier alpha value is -2.84. The molecule has 1 aromatic heterocycles. The molecule has 1 N–H and O–H groups in total. The molecular weight excluding hydrogens is 388 g/mol. The first-order valence-corrected chi connectivity index (χ1v) is 11.0. The number of piperidine rings is 1. The van der Waals surface area contributed by atoms with Gasteiger partial charge >= 0.3 is 0 Å². The molecule has 1 amide bonds. The lowest BCUT2D eigenvalue weighted by Crippen LogP contribution is -2.41. The van der Waals surface area contributed by atoms with Gasteiger partial charge in [-0.25, -0.2) is 8.42 Å². The highest BCUT2D eigenvalue weighted by Crippen LogP contribution is 2.25. The summed E-state index contributed by atoms with van der Waals surface area (Å²) in [5, 5.41) is 2.92. The van der Waals surface area contributed by atoms with Crippen molar-refractivity contribution in [3.63, 3.8) is 0 Å². The number of rotatable bonds is 4. The number of nitrogens with one attached hydrogen (secondary N) is 1. The van der Waals surface area contributed by atoms with Crippen molar-refractivity contribution < 1.29 is 13.2 Å². The van der Waals surface area contributed by atoms with Gasteiger partial charge in [0.2, 0.25) is 15.9 Å². The van der Waals surface area contributed by atoms with Crippen LogP contribution in [0.3, 0.4) is 0 Å². The van der Waals surface area contributed by atoms with Crippen molar-refractivity contribution in [2.45, 2.75) is 24.7 Å². The highest BCUT2D eigenvalue weighted by Gasteiger charge is 2.32. The normalized spacial score (nSPS) is 16.0. The van der Waals surface area contributed by atoms with Crippen molar-refractivity contribution in [3.8, 4) is 0 Å². The van der Waals surface area contributed by atoms with E-state index in [9.17, 15) is 13.2 Å².